The first-order valence-electron chi connectivity index (χ1n) is 7.80. The summed E-state index contributed by atoms with van der Waals surface area (Å²) in [5.41, 5.74) is 0.769. The van der Waals surface area contributed by atoms with Crippen LogP contribution in [0.4, 0.5) is 0 Å². The van der Waals surface area contributed by atoms with E-state index in [1.54, 1.807) is 0 Å². The Kier molecular flexibility index (Phi) is 6.23. The zero-order valence-electron chi connectivity index (χ0n) is 13.1. The van der Waals surface area contributed by atoms with Crippen LogP contribution in [0.1, 0.15) is 43.5 Å². The highest BCUT2D eigenvalue weighted by molar-refractivity contribution is 14.1. The van der Waals surface area contributed by atoms with Crippen LogP contribution in [-0.2, 0) is 4.79 Å². The Hall–Kier alpha value is -1.11. The van der Waals surface area contributed by atoms with Gasteiger partial charge in [0, 0.05) is 29.1 Å². The molecular formula is C17H23IN2O2. The van der Waals surface area contributed by atoms with Crippen molar-refractivity contribution in [3.8, 4) is 0 Å². The Morgan fingerprint density at radius 2 is 1.91 bits per heavy atom. The molecule has 22 heavy (non-hydrogen) atoms. The van der Waals surface area contributed by atoms with E-state index in [1.165, 1.54) is 0 Å². The summed E-state index contributed by atoms with van der Waals surface area (Å²) in [5.74, 6) is 0.594. The van der Waals surface area contributed by atoms with E-state index < -0.39 is 0 Å². The molecule has 2 rings (SSSR count). The molecule has 2 amide bonds. The average molecular weight is 414 g/mol. The van der Waals surface area contributed by atoms with Crippen molar-refractivity contribution in [1.29, 1.82) is 0 Å². The van der Waals surface area contributed by atoms with Gasteiger partial charge in [-0.1, -0.05) is 26.0 Å². The third-order valence-corrected chi connectivity index (χ3v) is 4.79. The Bertz CT molecular complexity index is 537. The first-order chi connectivity index (χ1) is 10.5. The summed E-state index contributed by atoms with van der Waals surface area (Å²) in [6.45, 7) is 5.50. The highest BCUT2D eigenvalue weighted by Gasteiger charge is 2.25. The highest BCUT2D eigenvalue weighted by Crippen LogP contribution is 2.18. The van der Waals surface area contributed by atoms with Gasteiger partial charge in [0.05, 0.1) is 5.56 Å². The molecule has 0 spiro atoms. The molecule has 1 fully saturated rings. The van der Waals surface area contributed by atoms with E-state index >= 15 is 0 Å². The molecule has 0 aliphatic carbocycles. The third kappa shape index (κ3) is 4.69. The Balaban J connectivity index is 1.86. The van der Waals surface area contributed by atoms with Gasteiger partial charge < -0.3 is 10.2 Å². The lowest BCUT2D eigenvalue weighted by Gasteiger charge is -2.32. The number of hydrogen-bond donors (Lipinski definition) is 1. The van der Waals surface area contributed by atoms with E-state index in [9.17, 15) is 9.59 Å². The molecule has 4 nitrogen and oxygen atoms in total. The topological polar surface area (TPSA) is 49.4 Å². The molecule has 0 radical (unpaired) electrons. The van der Waals surface area contributed by atoms with Gasteiger partial charge in [0.2, 0.25) is 5.91 Å². The van der Waals surface area contributed by atoms with Crippen molar-refractivity contribution in [2.75, 3.05) is 13.1 Å². The number of likely N-dealkylation sites (tertiary alicyclic amines) is 1. The number of rotatable bonds is 4. The lowest BCUT2D eigenvalue weighted by Crippen LogP contribution is -2.46. The Morgan fingerprint density at radius 3 is 2.50 bits per heavy atom. The number of carbonyl (C=O) groups excluding carboxylic acids is 2. The van der Waals surface area contributed by atoms with E-state index in [4.69, 9.17) is 0 Å². The summed E-state index contributed by atoms with van der Waals surface area (Å²) in [7, 11) is 0. The lowest BCUT2D eigenvalue weighted by atomic mass is 10.0. The van der Waals surface area contributed by atoms with Crippen molar-refractivity contribution in [3.63, 3.8) is 0 Å². The Morgan fingerprint density at radius 1 is 1.27 bits per heavy atom. The molecule has 5 heteroatoms. The van der Waals surface area contributed by atoms with Gasteiger partial charge in [-0.25, -0.2) is 0 Å². The van der Waals surface area contributed by atoms with Gasteiger partial charge >= 0.3 is 0 Å². The van der Waals surface area contributed by atoms with E-state index in [2.05, 4.69) is 27.9 Å². The monoisotopic (exact) mass is 414 g/mol. The van der Waals surface area contributed by atoms with E-state index in [0.717, 1.165) is 22.0 Å². The van der Waals surface area contributed by atoms with Crippen LogP contribution < -0.4 is 5.32 Å². The minimum atomic E-state index is 0.0944. The predicted molar refractivity (Wildman–Crippen MR) is 95.7 cm³/mol. The van der Waals surface area contributed by atoms with E-state index in [0.29, 0.717) is 25.4 Å². The van der Waals surface area contributed by atoms with Crippen LogP contribution in [0.25, 0.3) is 0 Å². The molecule has 1 aliphatic heterocycles. The maximum atomic E-state index is 12.5. The summed E-state index contributed by atoms with van der Waals surface area (Å²) in [6.07, 6.45) is 2.24. The summed E-state index contributed by atoms with van der Waals surface area (Å²) in [4.78, 5) is 26.2. The van der Waals surface area contributed by atoms with Crippen molar-refractivity contribution in [2.45, 2.75) is 39.2 Å². The zero-order valence-corrected chi connectivity index (χ0v) is 15.3. The molecule has 1 N–H and O–H groups in total. The summed E-state index contributed by atoms with van der Waals surface area (Å²) < 4.78 is 0.984. The number of carbonyl (C=O) groups is 2. The highest BCUT2D eigenvalue weighted by atomic mass is 127. The molecule has 0 bridgehead atoms. The molecule has 1 heterocycles. The van der Waals surface area contributed by atoms with Crippen molar-refractivity contribution >= 4 is 34.4 Å². The number of amides is 2. The molecule has 1 saturated heterocycles. The van der Waals surface area contributed by atoms with Crippen LogP contribution in [0.3, 0.4) is 0 Å². The molecular weight excluding hydrogens is 391 g/mol. The standard InChI is InChI=1S/C17H23IN2O2/c1-12(2)11-16(21)19-13-7-9-20(10-8-13)17(22)14-5-3-4-6-15(14)18/h3-6,12-13H,7-11H2,1-2H3,(H,19,21). The first-order valence-corrected chi connectivity index (χ1v) is 8.88. The third-order valence-electron chi connectivity index (χ3n) is 3.85. The quantitative estimate of drug-likeness (QED) is 0.771. The molecule has 0 saturated carbocycles. The second-order valence-corrected chi connectivity index (χ2v) is 7.37. The fraction of sp³-hybridized carbons (Fsp3) is 0.529. The van der Waals surface area contributed by atoms with E-state index in [1.807, 2.05) is 43.0 Å². The summed E-state index contributed by atoms with van der Waals surface area (Å²) in [5, 5.41) is 3.08. The van der Waals surface area contributed by atoms with Crippen LogP contribution in [0, 0.1) is 9.49 Å². The number of halogens is 1. The average Bonchev–Trinajstić information content (AvgIpc) is 2.47. The number of hydrogen-bond acceptors (Lipinski definition) is 2. The largest absolute Gasteiger partial charge is 0.353 e. The smallest absolute Gasteiger partial charge is 0.254 e. The van der Waals surface area contributed by atoms with Crippen molar-refractivity contribution < 1.29 is 9.59 Å². The van der Waals surface area contributed by atoms with Gasteiger partial charge in [-0.15, -0.1) is 0 Å². The zero-order chi connectivity index (χ0) is 16.1. The fourth-order valence-electron chi connectivity index (χ4n) is 2.69. The van der Waals surface area contributed by atoms with Gasteiger partial charge in [-0.05, 0) is 53.5 Å². The molecule has 1 aromatic rings. The van der Waals surface area contributed by atoms with Crippen molar-refractivity contribution in [2.24, 2.45) is 5.92 Å². The van der Waals surface area contributed by atoms with Crippen LogP contribution in [0.15, 0.2) is 24.3 Å². The second kappa shape index (κ2) is 7.94. The second-order valence-electron chi connectivity index (χ2n) is 6.21. The van der Waals surface area contributed by atoms with Crippen LogP contribution in [0.2, 0.25) is 0 Å². The van der Waals surface area contributed by atoms with Gasteiger partial charge in [-0.3, -0.25) is 9.59 Å². The predicted octanol–water partition coefficient (Wildman–Crippen LogP) is 3.06. The van der Waals surface area contributed by atoms with Gasteiger partial charge in [-0.2, -0.15) is 0 Å². The molecule has 0 aromatic heterocycles. The summed E-state index contributed by atoms with van der Waals surface area (Å²) in [6, 6.07) is 7.86. The maximum absolute atomic E-state index is 12.5. The van der Waals surface area contributed by atoms with Crippen LogP contribution in [0.5, 0.6) is 0 Å². The number of nitrogens with one attached hydrogen (secondary N) is 1. The molecule has 120 valence electrons. The molecule has 1 aromatic carbocycles. The minimum Gasteiger partial charge on any atom is -0.353 e. The van der Waals surface area contributed by atoms with Crippen molar-refractivity contribution in [3.05, 3.63) is 33.4 Å². The number of benzene rings is 1. The van der Waals surface area contributed by atoms with Crippen LogP contribution in [-0.4, -0.2) is 35.8 Å². The normalized spacial score (nSPS) is 15.9. The molecule has 1 aliphatic rings. The van der Waals surface area contributed by atoms with Gasteiger partial charge in [0.1, 0.15) is 0 Å². The lowest BCUT2D eigenvalue weighted by molar-refractivity contribution is -0.122. The van der Waals surface area contributed by atoms with Gasteiger partial charge in [0.25, 0.3) is 5.91 Å². The summed E-state index contributed by atoms with van der Waals surface area (Å²) >= 11 is 2.20. The van der Waals surface area contributed by atoms with Gasteiger partial charge in [0.15, 0.2) is 0 Å². The van der Waals surface area contributed by atoms with Crippen LogP contribution >= 0.6 is 22.6 Å². The molecule has 0 atom stereocenters. The minimum absolute atomic E-state index is 0.0944. The fourth-order valence-corrected chi connectivity index (χ4v) is 3.31. The SMILES string of the molecule is CC(C)CC(=O)NC1CCN(C(=O)c2ccccc2I)CC1. The first kappa shape index (κ1) is 17.2. The van der Waals surface area contributed by atoms with Crippen molar-refractivity contribution in [1.82, 2.24) is 10.2 Å². The van der Waals surface area contributed by atoms with E-state index in [-0.39, 0.29) is 17.9 Å². The Labute approximate surface area is 145 Å². The maximum Gasteiger partial charge on any atom is 0.254 e. The number of piperidine rings is 1. The number of nitrogens with zero attached hydrogens (tertiary/aromatic N) is 1. The molecule has 0 unspecified atom stereocenters.